The standard InChI is InChI=1S/C21H26N4O2/c1-14(2)20-23-21(27-24-20)18-9-5-6-12-25(18)19(26)11-10-15-13-22-17-8-4-3-7-16(15)17/h3-4,7-8,13-14,18,22H,5-6,9-12H2,1-2H3/t18-/m1/s1. The third kappa shape index (κ3) is 3.61. The maximum absolute atomic E-state index is 13.0. The quantitative estimate of drug-likeness (QED) is 0.728. The Labute approximate surface area is 158 Å². The Morgan fingerprint density at radius 3 is 3.00 bits per heavy atom. The maximum atomic E-state index is 13.0. The van der Waals surface area contributed by atoms with Crippen molar-refractivity contribution in [3.05, 3.63) is 47.7 Å². The average molecular weight is 366 g/mol. The van der Waals surface area contributed by atoms with E-state index in [1.807, 2.05) is 37.1 Å². The van der Waals surface area contributed by atoms with Gasteiger partial charge in [-0.05, 0) is 37.3 Å². The Morgan fingerprint density at radius 1 is 1.33 bits per heavy atom. The molecule has 0 spiro atoms. The number of likely N-dealkylation sites (tertiary alicyclic amines) is 1. The molecule has 0 bridgehead atoms. The number of rotatable bonds is 5. The number of piperidine rings is 1. The molecule has 1 aliphatic heterocycles. The van der Waals surface area contributed by atoms with Crippen molar-refractivity contribution < 1.29 is 9.32 Å². The number of amides is 1. The zero-order chi connectivity index (χ0) is 18.8. The van der Waals surface area contributed by atoms with E-state index >= 15 is 0 Å². The van der Waals surface area contributed by atoms with Gasteiger partial charge in [0.15, 0.2) is 5.82 Å². The number of carbonyl (C=O) groups excluding carboxylic acids is 1. The SMILES string of the molecule is CC(C)c1noc([C@H]2CCCCN2C(=O)CCc2c[nH]c3ccccc23)n1. The topological polar surface area (TPSA) is 75.0 Å². The van der Waals surface area contributed by atoms with Crippen molar-refractivity contribution in [1.29, 1.82) is 0 Å². The van der Waals surface area contributed by atoms with Gasteiger partial charge in [-0.25, -0.2) is 0 Å². The van der Waals surface area contributed by atoms with Gasteiger partial charge in [-0.1, -0.05) is 37.2 Å². The highest BCUT2D eigenvalue weighted by atomic mass is 16.5. The minimum absolute atomic E-state index is 0.0887. The second-order valence-corrected chi connectivity index (χ2v) is 7.60. The summed E-state index contributed by atoms with van der Waals surface area (Å²) in [7, 11) is 0. The smallest absolute Gasteiger partial charge is 0.249 e. The minimum atomic E-state index is -0.0887. The van der Waals surface area contributed by atoms with Gasteiger partial charge in [0.05, 0.1) is 0 Å². The minimum Gasteiger partial charge on any atom is -0.361 e. The molecule has 0 aliphatic carbocycles. The zero-order valence-electron chi connectivity index (χ0n) is 15.9. The van der Waals surface area contributed by atoms with Crippen LogP contribution in [0.5, 0.6) is 0 Å². The van der Waals surface area contributed by atoms with Gasteiger partial charge >= 0.3 is 0 Å². The molecule has 1 aliphatic rings. The highest BCUT2D eigenvalue weighted by Gasteiger charge is 2.32. The van der Waals surface area contributed by atoms with Crippen LogP contribution in [0, 0.1) is 0 Å². The lowest BCUT2D eigenvalue weighted by molar-refractivity contribution is -0.135. The van der Waals surface area contributed by atoms with E-state index in [9.17, 15) is 4.79 Å². The third-order valence-corrected chi connectivity index (χ3v) is 5.37. The van der Waals surface area contributed by atoms with Crippen molar-refractivity contribution in [2.75, 3.05) is 6.54 Å². The van der Waals surface area contributed by atoms with Crippen molar-refractivity contribution in [3.8, 4) is 0 Å². The molecule has 142 valence electrons. The number of aryl methyl sites for hydroxylation is 1. The summed E-state index contributed by atoms with van der Waals surface area (Å²) in [4.78, 5) is 22.7. The summed E-state index contributed by atoms with van der Waals surface area (Å²) >= 11 is 0. The number of aromatic nitrogens is 3. The fourth-order valence-electron chi connectivity index (χ4n) is 3.83. The van der Waals surface area contributed by atoms with Gasteiger partial charge in [0.1, 0.15) is 6.04 Å². The van der Waals surface area contributed by atoms with E-state index in [2.05, 4.69) is 27.3 Å². The first-order valence-electron chi connectivity index (χ1n) is 9.81. The van der Waals surface area contributed by atoms with E-state index in [0.29, 0.717) is 18.1 Å². The Bertz CT molecular complexity index is 927. The van der Waals surface area contributed by atoms with Crippen molar-refractivity contribution in [1.82, 2.24) is 20.0 Å². The molecular formula is C21H26N4O2. The van der Waals surface area contributed by atoms with Gasteiger partial charge in [0, 0.05) is 36.0 Å². The number of benzene rings is 1. The van der Waals surface area contributed by atoms with E-state index in [1.54, 1.807) is 0 Å². The van der Waals surface area contributed by atoms with Crippen molar-refractivity contribution in [2.24, 2.45) is 0 Å². The lowest BCUT2D eigenvalue weighted by Gasteiger charge is -2.33. The monoisotopic (exact) mass is 366 g/mol. The summed E-state index contributed by atoms with van der Waals surface area (Å²) in [6, 6.07) is 8.12. The number of para-hydroxylation sites is 1. The van der Waals surface area contributed by atoms with Crippen molar-refractivity contribution in [2.45, 2.75) is 57.9 Å². The van der Waals surface area contributed by atoms with E-state index in [0.717, 1.165) is 37.7 Å². The number of carbonyl (C=O) groups is 1. The molecule has 1 saturated heterocycles. The molecule has 1 fully saturated rings. The van der Waals surface area contributed by atoms with E-state index in [4.69, 9.17) is 4.52 Å². The first kappa shape index (κ1) is 17.8. The number of nitrogens with zero attached hydrogens (tertiary/aromatic N) is 3. The molecule has 1 amide bonds. The summed E-state index contributed by atoms with van der Waals surface area (Å²) in [6.45, 7) is 4.84. The van der Waals surface area contributed by atoms with E-state index in [-0.39, 0.29) is 17.9 Å². The molecule has 0 radical (unpaired) electrons. The van der Waals surface area contributed by atoms with E-state index < -0.39 is 0 Å². The highest BCUT2D eigenvalue weighted by Crippen LogP contribution is 2.31. The molecule has 1 aromatic carbocycles. The van der Waals surface area contributed by atoms with Gasteiger partial charge in [0.25, 0.3) is 0 Å². The molecule has 2 aromatic heterocycles. The Morgan fingerprint density at radius 2 is 2.19 bits per heavy atom. The highest BCUT2D eigenvalue weighted by molar-refractivity contribution is 5.84. The van der Waals surface area contributed by atoms with Crippen molar-refractivity contribution >= 4 is 16.8 Å². The van der Waals surface area contributed by atoms with Gasteiger partial charge in [-0.2, -0.15) is 4.98 Å². The molecule has 6 nitrogen and oxygen atoms in total. The second-order valence-electron chi connectivity index (χ2n) is 7.60. The Kier molecular flexibility index (Phi) is 4.97. The summed E-state index contributed by atoms with van der Waals surface area (Å²) in [5.74, 6) is 1.67. The van der Waals surface area contributed by atoms with Crippen LogP contribution in [0.3, 0.4) is 0 Å². The Balaban J connectivity index is 1.47. The van der Waals surface area contributed by atoms with Crippen LogP contribution in [0.2, 0.25) is 0 Å². The van der Waals surface area contributed by atoms with Gasteiger partial charge in [0.2, 0.25) is 11.8 Å². The molecule has 1 atom stereocenters. The van der Waals surface area contributed by atoms with Gasteiger partial charge in [-0.15, -0.1) is 0 Å². The van der Waals surface area contributed by atoms with Crippen LogP contribution >= 0.6 is 0 Å². The fourth-order valence-corrected chi connectivity index (χ4v) is 3.83. The molecule has 3 heterocycles. The second kappa shape index (κ2) is 7.55. The Hall–Kier alpha value is -2.63. The molecule has 1 N–H and O–H groups in total. The molecule has 0 saturated carbocycles. The van der Waals surface area contributed by atoms with Gasteiger partial charge in [-0.3, -0.25) is 4.79 Å². The largest absolute Gasteiger partial charge is 0.361 e. The average Bonchev–Trinajstić information content (AvgIpc) is 3.34. The maximum Gasteiger partial charge on any atom is 0.249 e. The summed E-state index contributed by atoms with van der Waals surface area (Å²) in [6.07, 6.45) is 6.23. The first-order chi connectivity index (χ1) is 13.1. The number of H-pyrrole nitrogens is 1. The van der Waals surface area contributed by atoms with Crippen LogP contribution in [0.1, 0.15) is 68.8 Å². The van der Waals surface area contributed by atoms with Crippen LogP contribution in [0.15, 0.2) is 35.0 Å². The summed E-state index contributed by atoms with van der Waals surface area (Å²) in [5.41, 5.74) is 2.30. The van der Waals surface area contributed by atoms with Crippen molar-refractivity contribution in [3.63, 3.8) is 0 Å². The van der Waals surface area contributed by atoms with E-state index in [1.165, 1.54) is 10.9 Å². The van der Waals surface area contributed by atoms with Crippen LogP contribution in [0.25, 0.3) is 10.9 Å². The lowest BCUT2D eigenvalue weighted by atomic mass is 10.0. The van der Waals surface area contributed by atoms with Crippen LogP contribution < -0.4 is 0 Å². The number of hydrogen-bond acceptors (Lipinski definition) is 4. The normalized spacial score (nSPS) is 17.7. The summed E-state index contributed by atoms with van der Waals surface area (Å²) < 4.78 is 5.49. The number of hydrogen-bond donors (Lipinski definition) is 1. The lowest BCUT2D eigenvalue weighted by Crippen LogP contribution is -2.38. The molecule has 0 unspecified atom stereocenters. The number of nitrogens with one attached hydrogen (secondary N) is 1. The van der Waals surface area contributed by atoms with Crippen LogP contribution in [-0.4, -0.2) is 32.5 Å². The predicted molar refractivity (Wildman–Crippen MR) is 103 cm³/mol. The number of fused-ring (bicyclic) bond motifs is 1. The molecular weight excluding hydrogens is 340 g/mol. The third-order valence-electron chi connectivity index (χ3n) is 5.37. The summed E-state index contributed by atoms with van der Waals surface area (Å²) in [5, 5.41) is 5.27. The predicted octanol–water partition coefficient (Wildman–Crippen LogP) is 4.36. The number of aromatic amines is 1. The van der Waals surface area contributed by atoms with Gasteiger partial charge < -0.3 is 14.4 Å². The van der Waals surface area contributed by atoms with Crippen LogP contribution in [0.4, 0.5) is 0 Å². The molecule has 6 heteroatoms. The molecule has 4 rings (SSSR count). The molecule has 27 heavy (non-hydrogen) atoms. The first-order valence-corrected chi connectivity index (χ1v) is 9.81. The fraction of sp³-hybridized carbons (Fsp3) is 0.476. The van der Waals surface area contributed by atoms with Crippen LogP contribution in [-0.2, 0) is 11.2 Å². The zero-order valence-corrected chi connectivity index (χ0v) is 15.9. The molecule has 3 aromatic rings.